The van der Waals surface area contributed by atoms with Crippen LogP contribution in [0.5, 0.6) is 0 Å². The first kappa shape index (κ1) is 16.0. The number of amides is 1. The lowest BCUT2D eigenvalue weighted by Gasteiger charge is -2.35. The summed E-state index contributed by atoms with van der Waals surface area (Å²) in [7, 11) is 0. The maximum Gasteiger partial charge on any atom is 0.250 e. The van der Waals surface area contributed by atoms with Crippen molar-refractivity contribution in [2.24, 2.45) is 11.8 Å². The van der Waals surface area contributed by atoms with Gasteiger partial charge < -0.3 is 15.3 Å². The predicted molar refractivity (Wildman–Crippen MR) is 91.2 cm³/mol. The zero-order valence-corrected chi connectivity index (χ0v) is 14.1. The number of hydrogen-bond donors (Lipinski definition) is 2. The van der Waals surface area contributed by atoms with Crippen LogP contribution in [0.25, 0.3) is 5.69 Å². The Morgan fingerprint density at radius 3 is 2.64 bits per heavy atom. The molecule has 2 aliphatic rings. The molecule has 4 atom stereocenters. The van der Waals surface area contributed by atoms with Crippen LogP contribution in [0.3, 0.4) is 0 Å². The van der Waals surface area contributed by atoms with E-state index in [0.29, 0.717) is 18.3 Å². The number of carbonyl (C=O) groups excluding carboxylic acids is 1. The Morgan fingerprint density at radius 1 is 1.20 bits per heavy atom. The number of anilines is 1. The number of rotatable bonds is 3. The molecule has 0 unspecified atom stereocenters. The van der Waals surface area contributed by atoms with E-state index in [2.05, 4.69) is 25.7 Å². The fourth-order valence-corrected chi connectivity index (χ4v) is 4.13. The molecule has 1 aliphatic carbocycles. The van der Waals surface area contributed by atoms with Crippen molar-refractivity contribution in [1.82, 2.24) is 25.5 Å². The normalized spacial score (nSPS) is 28.6. The number of carbonyl (C=O) groups is 1. The molecule has 1 aromatic heterocycles. The largest absolute Gasteiger partial charge is 0.391 e. The minimum absolute atomic E-state index is 0.0922. The molecule has 25 heavy (non-hydrogen) atoms. The van der Waals surface area contributed by atoms with E-state index in [4.69, 9.17) is 0 Å². The van der Waals surface area contributed by atoms with Gasteiger partial charge in [-0.3, -0.25) is 4.79 Å². The van der Waals surface area contributed by atoms with Crippen molar-refractivity contribution in [1.29, 1.82) is 0 Å². The lowest BCUT2D eigenvalue weighted by molar-refractivity contribution is -0.121. The summed E-state index contributed by atoms with van der Waals surface area (Å²) in [6.07, 6.45) is 0.989. The van der Waals surface area contributed by atoms with E-state index in [9.17, 15) is 9.90 Å². The van der Waals surface area contributed by atoms with Gasteiger partial charge in [-0.2, -0.15) is 4.68 Å². The molecule has 4 rings (SSSR count). The molecule has 2 aromatic rings. The summed E-state index contributed by atoms with van der Waals surface area (Å²) in [5.74, 6) is 1.44. The van der Waals surface area contributed by atoms with E-state index < -0.39 is 6.10 Å². The number of tetrazole rings is 1. The van der Waals surface area contributed by atoms with Crippen LogP contribution in [0.4, 0.5) is 5.95 Å². The molecule has 2 N–H and O–H groups in total. The standard InChI is InChI=1S/C17H22N6O2/c1-11(24)18-15-7-12-9-22(10-13(12)8-16(15)25)17-19-20-21-23(17)14-5-3-2-4-6-14/h2-6,12-13,15-16,25H,7-10H2,1H3,(H,18,24)/t12-,13+,15-,16-/m1/s1. The van der Waals surface area contributed by atoms with Crippen molar-refractivity contribution >= 4 is 11.9 Å². The van der Waals surface area contributed by atoms with Crippen LogP contribution in [-0.2, 0) is 4.79 Å². The Morgan fingerprint density at radius 2 is 1.92 bits per heavy atom. The zero-order valence-electron chi connectivity index (χ0n) is 14.1. The highest BCUT2D eigenvalue weighted by Crippen LogP contribution is 2.38. The molecule has 1 aromatic carbocycles. The van der Waals surface area contributed by atoms with Crippen LogP contribution < -0.4 is 10.2 Å². The molecule has 8 heteroatoms. The van der Waals surface area contributed by atoms with E-state index >= 15 is 0 Å². The molecule has 0 radical (unpaired) electrons. The van der Waals surface area contributed by atoms with Gasteiger partial charge in [0, 0.05) is 20.0 Å². The summed E-state index contributed by atoms with van der Waals surface area (Å²) >= 11 is 0. The van der Waals surface area contributed by atoms with Crippen LogP contribution >= 0.6 is 0 Å². The van der Waals surface area contributed by atoms with Gasteiger partial charge in [-0.15, -0.1) is 0 Å². The highest BCUT2D eigenvalue weighted by atomic mass is 16.3. The van der Waals surface area contributed by atoms with Crippen LogP contribution in [0, 0.1) is 11.8 Å². The summed E-state index contributed by atoms with van der Waals surface area (Å²) in [6, 6.07) is 9.65. The van der Waals surface area contributed by atoms with Gasteiger partial charge in [0.1, 0.15) is 0 Å². The van der Waals surface area contributed by atoms with E-state index in [1.165, 1.54) is 6.92 Å². The summed E-state index contributed by atoms with van der Waals surface area (Å²) in [4.78, 5) is 13.5. The van der Waals surface area contributed by atoms with Crippen molar-refractivity contribution in [3.63, 3.8) is 0 Å². The van der Waals surface area contributed by atoms with Gasteiger partial charge in [-0.25, -0.2) is 0 Å². The topological polar surface area (TPSA) is 96.2 Å². The molecule has 0 spiro atoms. The first-order valence-corrected chi connectivity index (χ1v) is 8.65. The summed E-state index contributed by atoms with van der Waals surface area (Å²) in [6.45, 7) is 3.15. The highest BCUT2D eigenvalue weighted by molar-refractivity contribution is 5.73. The number of benzene rings is 1. The number of fused-ring (bicyclic) bond motifs is 1. The average Bonchev–Trinajstić information content (AvgIpc) is 3.22. The molecule has 2 fully saturated rings. The molecule has 132 valence electrons. The van der Waals surface area contributed by atoms with E-state index in [0.717, 1.165) is 31.1 Å². The Hall–Kier alpha value is -2.48. The third-order valence-electron chi connectivity index (χ3n) is 5.27. The van der Waals surface area contributed by atoms with Gasteiger partial charge in [-0.05, 0) is 47.2 Å². The molecular weight excluding hydrogens is 320 g/mol. The van der Waals surface area contributed by atoms with Gasteiger partial charge in [0.05, 0.1) is 17.8 Å². The van der Waals surface area contributed by atoms with Gasteiger partial charge in [0.2, 0.25) is 11.9 Å². The van der Waals surface area contributed by atoms with Crippen molar-refractivity contribution < 1.29 is 9.90 Å². The molecule has 1 saturated heterocycles. The summed E-state index contributed by atoms with van der Waals surface area (Å²) in [5.41, 5.74) is 0.925. The van der Waals surface area contributed by atoms with E-state index in [1.54, 1.807) is 4.68 Å². The Balaban J connectivity index is 1.52. The van der Waals surface area contributed by atoms with Gasteiger partial charge in [0.15, 0.2) is 0 Å². The number of aliphatic hydroxyl groups is 1. The molecule has 1 saturated carbocycles. The highest BCUT2D eigenvalue weighted by Gasteiger charge is 2.43. The van der Waals surface area contributed by atoms with Crippen molar-refractivity contribution in [3.8, 4) is 5.69 Å². The average molecular weight is 342 g/mol. The van der Waals surface area contributed by atoms with E-state index in [-0.39, 0.29) is 11.9 Å². The van der Waals surface area contributed by atoms with Crippen LogP contribution in [-0.4, -0.2) is 56.5 Å². The van der Waals surface area contributed by atoms with Gasteiger partial charge in [-0.1, -0.05) is 23.3 Å². The Bertz CT molecular complexity index is 749. The number of nitrogens with zero attached hydrogens (tertiary/aromatic N) is 5. The number of hydrogen-bond acceptors (Lipinski definition) is 6. The number of para-hydroxylation sites is 1. The van der Waals surface area contributed by atoms with Crippen LogP contribution in [0.2, 0.25) is 0 Å². The molecule has 8 nitrogen and oxygen atoms in total. The summed E-state index contributed by atoms with van der Waals surface area (Å²) in [5, 5.41) is 25.4. The van der Waals surface area contributed by atoms with Crippen molar-refractivity contribution in [2.45, 2.75) is 31.9 Å². The van der Waals surface area contributed by atoms with Gasteiger partial charge >= 0.3 is 0 Å². The fourth-order valence-electron chi connectivity index (χ4n) is 4.13. The van der Waals surface area contributed by atoms with Crippen molar-refractivity contribution in [3.05, 3.63) is 30.3 Å². The maximum absolute atomic E-state index is 11.3. The van der Waals surface area contributed by atoms with Crippen LogP contribution in [0.1, 0.15) is 19.8 Å². The number of aromatic nitrogens is 4. The first-order chi connectivity index (χ1) is 12.1. The predicted octanol–water partition coefficient (Wildman–Crippen LogP) is 0.374. The molecule has 1 aliphatic heterocycles. The number of aliphatic hydroxyl groups excluding tert-OH is 1. The third-order valence-corrected chi connectivity index (χ3v) is 5.27. The third kappa shape index (κ3) is 3.09. The Kier molecular flexibility index (Phi) is 4.12. The second-order valence-electron chi connectivity index (χ2n) is 7.00. The van der Waals surface area contributed by atoms with Crippen molar-refractivity contribution in [2.75, 3.05) is 18.0 Å². The molecular formula is C17H22N6O2. The van der Waals surface area contributed by atoms with E-state index in [1.807, 2.05) is 30.3 Å². The van der Waals surface area contributed by atoms with Gasteiger partial charge in [0.25, 0.3) is 0 Å². The molecule has 1 amide bonds. The minimum atomic E-state index is -0.491. The second-order valence-corrected chi connectivity index (χ2v) is 7.00. The van der Waals surface area contributed by atoms with Crippen LogP contribution in [0.15, 0.2) is 30.3 Å². The zero-order chi connectivity index (χ0) is 17.4. The molecule has 2 heterocycles. The smallest absolute Gasteiger partial charge is 0.250 e. The first-order valence-electron chi connectivity index (χ1n) is 8.65. The summed E-state index contributed by atoms with van der Waals surface area (Å²) < 4.78 is 1.75. The SMILES string of the molecule is CC(=O)N[C@@H]1C[C@@H]2CN(c3nnnn3-c3ccccc3)C[C@@H]2C[C@H]1O. The lowest BCUT2D eigenvalue weighted by atomic mass is 9.77. The fraction of sp³-hybridized carbons (Fsp3) is 0.529. The quantitative estimate of drug-likeness (QED) is 0.837. The lowest BCUT2D eigenvalue weighted by Crippen LogP contribution is -2.48. The maximum atomic E-state index is 11.3. The monoisotopic (exact) mass is 342 g/mol. The Labute approximate surface area is 145 Å². The molecule has 0 bridgehead atoms. The minimum Gasteiger partial charge on any atom is -0.391 e. The second kappa shape index (κ2) is 6.44. The number of nitrogens with one attached hydrogen (secondary N) is 1.